The number of hydrogen-bond donors (Lipinski definition) is 0. The van der Waals surface area contributed by atoms with E-state index < -0.39 is 0 Å². The summed E-state index contributed by atoms with van der Waals surface area (Å²) in [6.07, 6.45) is 10.5. The minimum atomic E-state index is 0. The fourth-order valence-electron chi connectivity index (χ4n) is 5.89. The number of para-hydroxylation sites is 2. The molecule has 0 saturated heterocycles. The standard InChI is InChI=1S/C19H16N3.C17H18N.Ir/c1-21-16-10-3-4-11-17(16)22(2)19-14(8-7-12-18(19)21)15-9-5-6-13-20-15;1-2-6-14(7-3-1)15-9-11-16(12-10-15)17-8-4-5-13-18-17;/h3-7,9-13H,1-2H3;4-5,8-11,13-14H,1-3,6-7H2;/q2*-1;. The third kappa shape index (κ3) is 6.12. The molecule has 2 aliphatic rings. The number of anilines is 4. The van der Waals surface area contributed by atoms with Crippen LogP contribution in [0.4, 0.5) is 22.7 Å². The van der Waals surface area contributed by atoms with Crippen molar-refractivity contribution in [1.29, 1.82) is 0 Å². The monoisotopic (exact) mass is 715 g/mol. The van der Waals surface area contributed by atoms with Gasteiger partial charge in [0.05, 0.1) is 11.4 Å². The number of fused-ring (bicyclic) bond motifs is 2. The van der Waals surface area contributed by atoms with Gasteiger partial charge in [-0.25, -0.2) is 0 Å². The molecule has 1 saturated carbocycles. The molecule has 5 aromatic rings. The van der Waals surface area contributed by atoms with E-state index in [-0.39, 0.29) is 20.1 Å². The molecule has 3 aromatic carbocycles. The zero-order chi connectivity index (χ0) is 27.3. The average Bonchev–Trinajstić information content (AvgIpc) is 3.05. The summed E-state index contributed by atoms with van der Waals surface area (Å²) < 4.78 is 0. The Morgan fingerprint density at radius 2 is 1.32 bits per heavy atom. The summed E-state index contributed by atoms with van der Waals surface area (Å²) in [5.41, 5.74) is 10.2. The summed E-state index contributed by atoms with van der Waals surface area (Å²) in [6, 6.07) is 37.8. The quantitative estimate of drug-likeness (QED) is 0.175. The van der Waals surface area contributed by atoms with Crippen molar-refractivity contribution >= 4 is 22.7 Å². The minimum Gasteiger partial charge on any atom is -0.381 e. The van der Waals surface area contributed by atoms with Gasteiger partial charge in [-0.05, 0) is 47.0 Å². The molecule has 41 heavy (non-hydrogen) atoms. The van der Waals surface area contributed by atoms with Crippen molar-refractivity contribution in [3.05, 3.63) is 121 Å². The smallest absolute Gasteiger partial charge is 0.0629 e. The van der Waals surface area contributed by atoms with Crippen LogP contribution in [0, 0.1) is 12.1 Å². The van der Waals surface area contributed by atoms with E-state index in [0.717, 1.165) is 34.1 Å². The number of hydrogen-bond acceptors (Lipinski definition) is 4. The normalized spacial score (nSPS) is 14.2. The van der Waals surface area contributed by atoms with E-state index in [1.165, 1.54) is 54.7 Å². The van der Waals surface area contributed by atoms with E-state index in [9.17, 15) is 0 Å². The van der Waals surface area contributed by atoms with Gasteiger partial charge in [0.25, 0.3) is 0 Å². The predicted octanol–water partition coefficient (Wildman–Crippen LogP) is 8.99. The van der Waals surface area contributed by atoms with Crippen LogP contribution in [0.2, 0.25) is 0 Å². The summed E-state index contributed by atoms with van der Waals surface area (Å²) >= 11 is 0. The zero-order valence-electron chi connectivity index (χ0n) is 23.6. The molecule has 0 amide bonds. The third-order valence-electron chi connectivity index (χ3n) is 8.02. The van der Waals surface area contributed by atoms with Gasteiger partial charge in [-0.1, -0.05) is 80.0 Å². The molecule has 209 valence electrons. The van der Waals surface area contributed by atoms with Gasteiger partial charge in [0.1, 0.15) is 0 Å². The maximum Gasteiger partial charge on any atom is 0.0629 e. The van der Waals surface area contributed by atoms with Crippen molar-refractivity contribution in [3.63, 3.8) is 0 Å². The Kier molecular flexibility index (Phi) is 9.28. The van der Waals surface area contributed by atoms with Gasteiger partial charge >= 0.3 is 0 Å². The Morgan fingerprint density at radius 1 is 0.659 bits per heavy atom. The number of benzene rings is 3. The largest absolute Gasteiger partial charge is 0.381 e. The molecular weight excluding hydrogens is 681 g/mol. The van der Waals surface area contributed by atoms with Gasteiger partial charge in [-0.2, -0.15) is 0 Å². The summed E-state index contributed by atoms with van der Waals surface area (Å²) in [5.74, 6) is 0.757. The first-order valence-corrected chi connectivity index (χ1v) is 14.2. The van der Waals surface area contributed by atoms with E-state index in [0.29, 0.717) is 0 Å². The van der Waals surface area contributed by atoms with Crippen LogP contribution in [0.1, 0.15) is 43.6 Å². The van der Waals surface area contributed by atoms with Gasteiger partial charge in [-0.3, -0.25) is 0 Å². The first-order valence-electron chi connectivity index (χ1n) is 14.2. The Hall–Kier alpha value is -3.79. The predicted molar refractivity (Wildman–Crippen MR) is 165 cm³/mol. The fraction of sp³-hybridized carbons (Fsp3) is 0.222. The van der Waals surface area contributed by atoms with Crippen molar-refractivity contribution in [3.8, 4) is 22.5 Å². The van der Waals surface area contributed by atoms with Crippen LogP contribution < -0.4 is 9.80 Å². The van der Waals surface area contributed by atoms with E-state index >= 15 is 0 Å². The Morgan fingerprint density at radius 3 is 1.95 bits per heavy atom. The fourth-order valence-corrected chi connectivity index (χ4v) is 5.89. The van der Waals surface area contributed by atoms with Crippen LogP contribution in [0.15, 0.2) is 103 Å². The summed E-state index contributed by atoms with van der Waals surface area (Å²) in [6.45, 7) is 0. The maximum absolute atomic E-state index is 4.50. The average molecular weight is 715 g/mol. The van der Waals surface area contributed by atoms with E-state index in [1.807, 2.05) is 54.9 Å². The van der Waals surface area contributed by atoms with Crippen molar-refractivity contribution in [2.75, 3.05) is 23.9 Å². The molecular formula is C36H34IrN4-2. The van der Waals surface area contributed by atoms with Crippen LogP contribution in [-0.2, 0) is 20.1 Å². The zero-order valence-corrected chi connectivity index (χ0v) is 25.9. The summed E-state index contributed by atoms with van der Waals surface area (Å²) in [7, 11) is 4.21. The third-order valence-corrected chi connectivity index (χ3v) is 8.02. The molecule has 2 aromatic heterocycles. The van der Waals surface area contributed by atoms with Crippen LogP contribution in [0.5, 0.6) is 0 Å². The van der Waals surface area contributed by atoms with Crippen molar-refractivity contribution in [2.45, 2.75) is 38.0 Å². The number of pyridine rings is 2. The second kappa shape index (κ2) is 13.2. The minimum absolute atomic E-state index is 0. The Bertz CT molecular complexity index is 1550. The number of nitrogens with zero attached hydrogens (tertiary/aromatic N) is 4. The van der Waals surface area contributed by atoms with Crippen molar-refractivity contribution < 1.29 is 20.1 Å². The van der Waals surface area contributed by atoms with Gasteiger partial charge in [0, 0.05) is 46.6 Å². The van der Waals surface area contributed by atoms with E-state index in [4.69, 9.17) is 0 Å². The molecule has 5 heteroatoms. The molecule has 1 fully saturated rings. The van der Waals surface area contributed by atoms with Gasteiger partial charge in [0.2, 0.25) is 0 Å². The first kappa shape index (κ1) is 28.7. The van der Waals surface area contributed by atoms with Crippen LogP contribution >= 0.6 is 0 Å². The number of rotatable bonds is 3. The molecule has 7 rings (SSSR count). The second-order valence-electron chi connectivity index (χ2n) is 10.5. The van der Waals surface area contributed by atoms with Crippen LogP contribution in [0.25, 0.3) is 22.5 Å². The molecule has 0 atom stereocenters. The Labute approximate surface area is 257 Å². The number of aromatic nitrogens is 2. The van der Waals surface area contributed by atoms with Gasteiger partial charge < -0.3 is 19.8 Å². The summed E-state index contributed by atoms with van der Waals surface area (Å²) in [5, 5.41) is 0. The summed E-state index contributed by atoms with van der Waals surface area (Å²) in [4.78, 5) is 13.3. The molecule has 0 spiro atoms. The first-order chi connectivity index (χ1) is 19.7. The molecule has 0 bridgehead atoms. The topological polar surface area (TPSA) is 32.3 Å². The van der Waals surface area contributed by atoms with Crippen molar-refractivity contribution in [2.24, 2.45) is 0 Å². The van der Waals surface area contributed by atoms with Crippen LogP contribution in [0.3, 0.4) is 0 Å². The van der Waals surface area contributed by atoms with Crippen molar-refractivity contribution in [1.82, 2.24) is 9.97 Å². The van der Waals surface area contributed by atoms with E-state index in [1.54, 1.807) is 0 Å². The van der Waals surface area contributed by atoms with Gasteiger partial charge in [-0.15, -0.1) is 53.6 Å². The molecule has 3 heterocycles. The maximum atomic E-state index is 4.50. The molecule has 4 nitrogen and oxygen atoms in total. The molecule has 1 aliphatic heterocycles. The van der Waals surface area contributed by atoms with E-state index in [2.05, 4.69) is 94.5 Å². The van der Waals surface area contributed by atoms with Gasteiger partial charge in [0.15, 0.2) is 0 Å². The molecule has 0 N–H and O–H groups in total. The molecule has 1 aliphatic carbocycles. The SMILES string of the molecule is CN1c2ccccc2N(C)c2c(-c3ccccn3)[c-]ccc21.[Ir].[c-]1cc(C2CCCCC2)ccc1-c1ccccn1. The molecule has 1 radical (unpaired) electrons. The second-order valence-corrected chi connectivity index (χ2v) is 10.5. The van der Waals surface area contributed by atoms with Crippen LogP contribution in [-0.4, -0.2) is 24.1 Å². The molecule has 0 unspecified atom stereocenters. The Balaban J connectivity index is 0.000000164.